The summed E-state index contributed by atoms with van der Waals surface area (Å²) in [6.07, 6.45) is 2.46. The predicted molar refractivity (Wildman–Crippen MR) is 255 cm³/mol. The van der Waals surface area contributed by atoms with Crippen molar-refractivity contribution in [3.8, 4) is 33.9 Å². The molecule has 0 N–H and O–H groups in total. The van der Waals surface area contributed by atoms with Crippen LogP contribution >= 0.6 is 0 Å². The Morgan fingerprint density at radius 1 is 0.410 bits per heavy atom. The first-order valence-corrected chi connectivity index (χ1v) is 22.0. The molecule has 61 heavy (non-hydrogen) atoms. The Bertz CT molecular complexity index is 2700. The number of hydrogen-bond donors (Lipinski definition) is 0. The average molecular weight is 790 g/mol. The number of nitrogens with zero attached hydrogens (tertiary/aromatic N) is 2. The summed E-state index contributed by atoms with van der Waals surface area (Å²) in [5.74, 6) is 0.576. The minimum atomic E-state index is 0.144. The van der Waals surface area contributed by atoms with Crippen molar-refractivity contribution in [1.82, 2.24) is 4.57 Å². The van der Waals surface area contributed by atoms with Gasteiger partial charge >= 0.3 is 0 Å². The average Bonchev–Trinajstić information content (AvgIpc) is 3.86. The molecule has 0 radical (unpaired) electrons. The van der Waals surface area contributed by atoms with Gasteiger partial charge in [-0.3, -0.25) is 0 Å². The molecule has 0 saturated carbocycles. The number of imidazole rings is 1. The summed E-state index contributed by atoms with van der Waals surface area (Å²) in [5, 5.41) is 2.59. The third kappa shape index (κ3) is 6.62. The molecule has 298 valence electrons. The topological polar surface area (TPSA) is 8.81 Å². The lowest BCUT2D eigenvalue weighted by Crippen LogP contribution is -2.35. The SMILES string of the molecule is Cc1cc(C(C)c2ccccc2)c(-n2c[n+](-c3c(C(C)c4ccccc4)cc(C)cc3C(C)c3ccccc3)c3c2-c2cccc4cccc-3c24)c(C(C)c2ccccc2)c1. The fourth-order valence-corrected chi connectivity index (χ4v) is 10.3. The van der Waals surface area contributed by atoms with Crippen molar-refractivity contribution in [1.29, 1.82) is 0 Å². The smallest absolute Gasteiger partial charge is 0.193 e. The van der Waals surface area contributed by atoms with E-state index < -0.39 is 0 Å². The van der Waals surface area contributed by atoms with E-state index in [2.05, 4.69) is 239 Å². The highest BCUT2D eigenvalue weighted by molar-refractivity contribution is 6.13. The molecule has 0 bridgehead atoms. The lowest BCUT2D eigenvalue weighted by atomic mass is 9.83. The molecule has 1 heterocycles. The van der Waals surface area contributed by atoms with Crippen LogP contribution in [-0.2, 0) is 0 Å². The van der Waals surface area contributed by atoms with E-state index in [1.807, 2.05) is 0 Å². The molecule has 0 fully saturated rings. The highest BCUT2D eigenvalue weighted by Crippen LogP contribution is 2.50. The van der Waals surface area contributed by atoms with Gasteiger partial charge in [-0.05, 0) is 53.6 Å². The van der Waals surface area contributed by atoms with Gasteiger partial charge in [0.05, 0.1) is 0 Å². The second-order valence-electron chi connectivity index (χ2n) is 17.4. The maximum absolute atomic E-state index is 2.60. The van der Waals surface area contributed by atoms with Crippen LogP contribution in [0.1, 0.15) is 107 Å². The number of aryl methyl sites for hydroxylation is 2. The quantitative estimate of drug-likeness (QED) is 0.122. The molecule has 1 aromatic heterocycles. The van der Waals surface area contributed by atoms with E-state index in [0.717, 1.165) is 0 Å². The van der Waals surface area contributed by atoms with Gasteiger partial charge in [0.25, 0.3) is 6.33 Å². The van der Waals surface area contributed by atoms with E-state index in [1.165, 1.54) is 100 Å². The molecule has 0 spiro atoms. The van der Waals surface area contributed by atoms with Crippen LogP contribution < -0.4 is 4.57 Å². The summed E-state index contributed by atoms with van der Waals surface area (Å²) in [6, 6.07) is 67.7. The fraction of sp³-hybridized carbons (Fsp3) is 0.169. The Morgan fingerprint density at radius 3 is 1.21 bits per heavy atom. The zero-order chi connectivity index (χ0) is 41.8. The molecular weight excluding hydrogens is 737 g/mol. The first-order chi connectivity index (χ1) is 29.8. The molecule has 4 atom stereocenters. The van der Waals surface area contributed by atoms with E-state index in [1.54, 1.807) is 0 Å². The molecule has 8 aromatic carbocycles. The number of hydrogen-bond acceptors (Lipinski definition) is 0. The first-order valence-electron chi connectivity index (χ1n) is 22.0. The summed E-state index contributed by atoms with van der Waals surface area (Å²) < 4.78 is 5.20. The molecular formula is C59H53N2+. The summed E-state index contributed by atoms with van der Waals surface area (Å²) >= 11 is 0. The maximum Gasteiger partial charge on any atom is 0.255 e. The van der Waals surface area contributed by atoms with Crippen LogP contribution in [0.15, 0.2) is 188 Å². The Kier molecular flexibility index (Phi) is 9.88. The molecule has 0 aliphatic heterocycles. The van der Waals surface area contributed by atoms with Crippen molar-refractivity contribution < 1.29 is 4.57 Å². The largest absolute Gasteiger partial charge is 0.255 e. The Hall–Kier alpha value is -6.77. The number of rotatable bonds is 10. The lowest BCUT2D eigenvalue weighted by Gasteiger charge is -2.23. The minimum Gasteiger partial charge on any atom is -0.193 e. The van der Waals surface area contributed by atoms with Crippen LogP contribution in [-0.4, -0.2) is 4.57 Å². The molecule has 9 aromatic rings. The van der Waals surface area contributed by atoms with Gasteiger partial charge in [-0.25, -0.2) is 0 Å². The minimum absolute atomic E-state index is 0.144. The van der Waals surface area contributed by atoms with Crippen LogP contribution in [0.25, 0.3) is 44.7 Å². The van der Waals surface area contributed by atoms with Crippen LogP contribution in [0, 0.1) is 13.8 Å². The standard InChI is InChI=1S/C59H53N2/c1-38-33-51(40(3)44-21-11-7-12-22-44)56(52(34-38)41(4)45-23-13-8-14-24-45)60-37-61(59-50-32-20-30-48-29-19-31-49(55(48)50)58(59)60)57-53(42(5)46-25-15-9-16-26-46)35-39(2)36-54(57)43(6)47-27-17-10-18-28-47/h7-37,40-43H,1-6H3/q+1. The predicted octanol–water partition coefficient (Wildman–Crippen LogP) is 14.8. The molecule has 2 heteroatoms. The van der Waals surface area contributed by atoms with Crippen molar-refractivity contribution in [2.75, 3.05) is 0 Å². The highest BCUT2D eigenvalue weighted by atomic mass is 15.2. The molecule has 0 amide bonds. The van der Waals surface area contributed by atoms with E-state index in [-0.39, 0.29) is 23.7 Å². The molecule has 1 aliphatic carbocycles. The second kappa shape index (κ2) is 15.7. The molecule has 0 saturated heterocycles. The normalized spacial score (nSPS) is 13.8. The van der Waals surface area contributed by atoms with Crippen LogP contribution in [0.5, 0.6) is 0 Å². The van der Waals surface area contributed by atoms with E-state index in [4.69, 9.17) is 0 Å². The lowest BCUT2D eigenvalue weighted by molar-refractivity contribution is -0.584. The van der Waals surface area contributed by atoms with E-state index in [0.29, 0.717) is 0 Å². The number of aromatic nitrogens is 2. The third-order valence-corrected chi connectivity index (χ3v) is 13.5. The van der Waals surface area contributed by atoms with Gasteiger partial charge in [-0.1, -0.05) is 209 Å². The summed E-state index contributed by atoms with van der Waals surface area (Å²) in [5.41, 5.74) is 20.7. The van der Waals surface area contributed by atoms with Gasteiger partial charge in [0, 0.05) is 62.4 Å². The second-order valence-corrected chi connectivity index (χ2v) is 17.4. The summed E-state index contributed by atoms with van der Waals surface area (Å²) in [4.78, 5) is 0. The molecule has 2 nitrogen and oxygen atoms in total. The van der Waals surface area contributed by atoms with Crippen molar-refractivity contribution in [2.45, 2.75) is 65.2 Å². The van der Waals surface area contributed by atoms with Gasteiger partial charge in [0.2, 0.25) is 0 Å². The molecule has 4 unspecified atom stereocenters. The van der Waals surface area contributed by atoms with Gasteiger partial charge < -0.3 is 0 Å². The summed E-state index contributed by atoms with van der Waals surface area (Å²) in [7, 11) is 0. The van der Waals surface area contributed by atoms with Gasteiger partial charge in [0.15, 0.2) is 11.4 Å². The maximum atomic E-state index is 2.60. The Labute approximate surface area is 361 Å². The van der Waals surface area contributed by atoms with Crippen molar-refractivity contribution in [2.24, 2.45) is 0 Å². The van der Waals surface area contributed by atoms with E-state index >= 15 is 0 Å². The van der Waals surface area contributed by atoms with Crippen LogP contribution in [0.2, 0.25) is 0 Å². The number of benzene rings is 8. The monoisotopic (exact) mass is 789 g/mol. The van der Waals surface area contributed by atoms with Crippen molar-refractivity contribution >= 4 is 10.8 Å². The fourth-order valence-electron chi connectivity index (χ4n) is 10.3. The zero-order valence-electron chi connectivity index (χ0n) is 36.1. The first kappa shape index (κ1) is 38.4. The third-order valence-electron chi connectivity index (χ3n) is 13.5. The van der Waals surface area contributed by atoms with E-state index in [9.17, 15) is 0 Å². The molecule has 10 rings (SSSR count). The highest BCUT2D eigenvalue weighted by Gasteiger charge is 2.40. The Morgan fingerprint density at radius 2 is 0.787 bits per heavy atom. The number of fused-ring (bicyclic) bond motifs is 3. The summed E-state index contributed by atoms with van der Waals surface area (Å²) in [6.45, 7) is 14.1. The Balaban J connectivity index is 1.35. The van der Waals surface area contributed by atoms with Gasteiger partial charge in [-0.15, -0.1) is 0 Å². The van der Waals surface area contributed by atoms with Crippen molar-refractivity contribution in [3.05, 3.63) is 244 Å². The zero-order valence-corrected chi connectivity index (χ0v) is 36.1. The van der Waals surface area contributed by atoms with Crippen LogP contribution in [0.4, 0.5) is 0 Å². The van der Waals surface area contributed by atoms with Gasteiger partial charge in [-0.2, -0.15) is 9.13 Å². The van der Waals surface area contributed by atoms with Crippen LogP contribution in [0.3, 0.4) is 0 Å². The van der Waals surface area contributed by atoms with Gasteiger partial charge in [0.1, 0.15) is 11.4 Å². The van der Waals surface area contributed by atoms with Crippen molar-refractivity contribution in [3.63, 3.8) is 0 Å². The molecule has 1 aliphatic rings.